The monoisotopic (exact) mass is 224 g/mol. The van der Waals surface area contributed by atoms with Gasteiger partial charge >= 0.3 is 5.97 Å². The van der Waals surface area contributed by atoms with Crippen molar-refractivity contribution < 1.29 is 9.90 Å². The molecule has 2 heteroatoms. The predicted octanol–water partition coefficient (Wildman–Crippen LogP) is 4.18. The zero-order valence-electron chi connectivity index (χ0n) is 10.5. The Hall–Kier alpha value is -1.05. The Morgan fingerprint density at radius 1 is 1.31 bits per heavy atom. The number of carbonyl (C=O) groups is 1. The largest absolute Gasteiger partial charge is 0.481 e. The van der Waals surface area contributed by atoms with Gasteiger partial charge in [0.1, 0.15) is 0 Å². The van der Waals surface area contributed by atoms with Crippen molar-refractivity contribution in [3.8, 4) is 0 Å². The highest BCUT2D eigenvalue weighted by Gasteiger charge is 1.95. The lowest BCUT2D eigenvalue weighted by Crippen LogP contribution is -1.91. The molecular formula is C14H24O2. The van der Waals surface area contributed by atoms with Crippen LogP contribution >= 0.6 is 0 Å². The molecule has 0 aromatic carbocycles. The molecule has 1 atom stereocenters. The highest BCUT2D eigenvalue weighted by molar-refractivity contribution is 5.66. The summed E-state index contributed by atoms with van der Waals surface area (Å²) in [6.07, 6.45) is 14.0. The normalized spacial score (nSPS) is 13.6. The van der Waals surface area contributed by atoms with Gasteiger partial charge in [-0.2, -0.15) is 0 Å². The standard InChI is InChI=1S/C14H24O2/c1-3-4-7-10-13(2)11-8-5-6-9-12-14(15)16/h5-6,8,11,13H,3-4,7,9-10,12H2,1-2H3,(H,15,16)/b6-5+,11-8+. The van der Waals surface area contributed by atoms with E-state index in [1.54, 1.807) is 0 Å². The lowest BCUT2D eigenvalue weighted by atomic mass is 10.0. The van der Waals surface area contributed by atoms with Crippen LogP contribution in [-0.2, 0) is 4.79 Å². The van der Waals surface area contributed by atoms with E-state index in [9.17, 15) is 4.79 Å². The molecule has 0 aliphatic carbocycles. The van der Waals surface area contributed by atoms with E-state index in [4.69, 9.17) is 5.11 Å². The van der Waals surface area contributed by atoms with Gasteiger partial charge in [-0.05, 0) is 18.8 Å². The van der Waals surface area contributed by atoms with E-state index in [2.05, 4.69) is 19.9 Å². The van der Waals surface area contributed by atoms with Gasteiger partial charge in [0.05, 0.1) is 0 Å². The fourth-order valence-electron chi connectivity index (χ4n) is 1.45. The molecule has 1 N–H and O–H groups in total. The number of carboxylic acids is 1. The average Bonchev–Trinajstić information content (AvgIpc) is 2.23. The SMILES string of the molecule is CCCCCC(C)/C=C/C=C/CCC(=O)O. The van der Waals surface area contributed by atoms with Gasteiger partial charge in [0.25, 0.3) is 0 Å². The van der Waals surface area contributed by atoms with Gasteiger partial charge in [-0.25, -0.2) is 0 Å². The van der Waals surface area contributed by atoms with Crippen molar-refractivity contribution in [2.45, 2.75) is 52.4 Å². The second-order valence-corrected chi connectivity index (χ2v) is 4.22. The second kappa shape index (κ2) is 10.5. The third-order valence-corrected chi connectivity index (χ3v) is 2.47. The van der Waals surface area contributed by atoms with Gasteiger partial charge in [-0.3, -0.25) is 4.79 Å². The van der Waals surface area contributed by atoms with Crippen LogP contribution in [0.4, 0.5) is 0 Å². The van der Waals surface area contributed by atoms with Crippen molar-refractivity contribution in [2.75, 3.05) is 0 Å². The highest BCUT2D eigenvalue weighted by atomic mass is 16.4. The van der Waals surface area contributed by atoms with Gasteiger partial charge in [0.15, 0.2) is 0 Å². The molecule has 0 radical (unpaired) electrons. The minimum absolute atomic E-state index is 0.219. The Labute approximate surface area is 99.1 Å². The van der Waals surface area contributed by atoms with Crippen molar-refractivity contribution in [3.05, 3.63) is 24.3 Å². The Balaban J connectivity index is 3.53. The van der Waals surface area contributed by atoms with E-state index in [0.717, 1.165) is 0 Å². The maximum atomic E-state index is 10.2. The first-order valence-electron chi connectivity index (χ1n) is 6.22. The first-order chi connectivity index (χ1) is 7.66. The smallest absolute Gasteiger partial charge is 0.303 e. The Kier molecular flexibility index (Phi) is 9.78. The third kappa shape index (κ3) is 11.0. The maximum Gasteiger partial charge on any atom is 0.303 e. The number of hydrogen-bond acceptors (Lipinski definition) is 1. The Morgan fingerprint density at radius 2 is 2.06 bits per heavy atom. The number of carboxylic acid groups (broad SMARTS) is 1. The minimum atomic E-state index is -0.735. The summed E-state index contributed by atoms with van der Waals surface area (Å²) in [5.41, 5.74) is 0. The molecule has 0 saturated heterocycles. The highest BCUT2D eigenvalue weighted by Crippen LogP contribution is 2.10. The van der Waals surface area contributed by atoms with Crippen molar-refractivity contribution in [3.63, 3.8) is 0 Å². The maximum absolute atomic E-state index is 10.2. The molecule has 0 amide bonds. The van der Waals surface area contributed by atoms with Gasteiger partial charge < -0.3 is 5.11 Å². The predicted molar refractivity (Wildman–Crippen MR) is 68.5 cm³/mol. The number of hydrogen-bond donors (Lipinski definition) is 1. The molecule has 1 unspecified atom stereocenters. The van der Waals surface area contributed by atoms with Crippen LogP contribution in [0.2, 0.25) is 0 Å². The van der Waals surface area contributed by atoms with Crippen molar-refractivity contribution in [1.82, 2.24) is 0 Å². The fraction of sp³-hybridized carbons (Fsp3) is 0.643. The van der Waals surface area contributed by atoms with Crippen LogP contribution in [0.25, 0.3) is 0 Å². The molecular weight excluding hydrogens is 200 g/mol. The fourth-order valence-corrected chi connectivity index (χ4v) is 1.45. The molecule has 2 nitrogen and oxygen atoms in total. The van der Waals surface area contributed by atoms with Crippen LogP contribution in [0.15, 0.2) is 24.3 Å². The van der Waals surface area contributed by atoms with Gasteiger partial charge in [0, 0.05) is 6.42 Å². The summed E-state index contributed by atoms with van der Waals surface area (Å²) in [6.45, 7) is 4.43. The molecule has 0 spiro atoms. The molecule has 0 aliphatic heterocycles. The first-order valence-corrected chi connectivity index (χ1v) is 6.22. The first kappa shape index (κ1) is 14.9. The van der Waals surface area contributed by atoms with Gasteiger partial charge in [-0.15, -0.1) is 0 Å². The number of allylic oxidation sites excluding steroid dienone is 4. The van der Waals surface area contributed by atoms with Crippen molar-refractivity contribution in [1.29, 1.82) is 0 Å². The molecule has 0 rings (SSSR count). The van der Waals surface area contributed by atoms with Gasteiger partial charge in [-0.1, -0.05) is 57.4 Å². The van der Waals surface area contributed by atoms with Crippen LogP contribution < -0.4 is 0 Å². The Bertz CT molecular complexity index is 229. The number of aliphatic carboxylic acids is 1. The molecule has 92 valence electrons. The van der Waals surface area contributed by atoms with Crippen LogP contribution in [0.1, 0.15) is 52.4 Å². The molecule has 0 aliphatic rings. The zero-order valence-corrected chi connectivity index (χ0v) is 10.5. The molecule has 0 aromatic rings. The van der Waals surface area contributed by atoms with E-state index in [-0.39, 0.29) is 6.42 Å². The summed E-state index contributed by atoms with van der Waals surface area (Å²) < 4.78 is 0. The van der Waals surface area contributed by atoms with E-state index in [1.165, 1.54) is 25.7 Å². The second-order valence-electron chi connectivity index (χ2n) is 4.22. The van der Waals surface area contributed by atoms with Crippen molar-refractivity contribution in [2.24, 2.45) is 5.92 Å². The Morgan fingerprint density at radius 3 is 2.69 bits per heavy atom. The summed E-state index contributed by atoms with van der Waals surface area (Å²) in [6, 6.07) is 0. The molecule has 16 heavy (non-hydrogen) atoms. The molecule has 0 bridgehead atoms. The van der Waals surface area contributed by atoms with Crippen LogP contribution in [0.5, 0.6) is 0 Å². The van der Waals surface area contributed by atoms with Gasteiger partial charge in [0.2, 0.25) is 0 Å². The molecule has 0 heterocycles. The van der Waals surface area contributed by atoms with E-state index < -0.39 is 5.97 Å². The molecule has 0 fully saturated rings. The zero-order chi connectivity index (χ0) is 12.2. The van der Waals surface area contributed by atoms with E-state index in [0.29, 0.717) is 12.3 Å². The lowest BCUT2D eigenvalue weighted by Gasteiger charge is -2.03. The summed E-state index contributed by atoms with van der Waals surface area (Å²) in [5, 5.41) is 8.43. The summed E-state index contributed by atoms with van der Waals surface area (Å²) in [4.78, 5) is 10.2. The topological polar surface area (TPSA) is 37.3 Å². The third-order valence-electron chi connectivity index (χ3n) is 2.47. The van der Waals surface area contributed by atoms with E-state index >= 15 is 0 Å². The number of rotatable bonds is 9. The van der Waals surface area contributed by atoms with Crippen LogP contribution in [0.3, 0.4) is 0 Å². The summed E-state index contributed by atoms with van der Waals surface area (Å²) >= 11 is 0. The van der Waals surface area contributed by atoms with Crippen LogP contribution in [0, 0.1) is 5.92 Å². The molecule has 0 aromatic heterocycles. The summed E-state index contributed by atoms with van der Waals surface area (Å²) in [5.74, 6) is -0.114. The van der Waals surface area contributed by atoms with Crippen molar-refractivity contribution >= 4 is 5.97 Å². The summed E-state index contributed by atoms with van der Waals surface area (Å²) in [7, 11) is 0. The molecule has 0 saturated carbocycles. The van der Waals surface area contributed by atoms with E-state index in [1.807, 2.05) is 18.2 Å². The lowest BCUT2D eigenvalue weighted by molar-refractivity contribution is -0.136. The minimum Gasteiger partial charge on any atom is -0.481 e. The number of unbranched alkanes of at least 4 members (excludes halogenated alkanes) is 2. The average molecular weight is 224 g/mol. The van der Waals surface area contributed by atoms with Crippen LogP contribution in [-0.4, -0.2) is 11.1 Å². The quantitative estimate of drug-likeness (QED) is 0.471.